The maximum absolute atomic E-state index is 12.0. The van der Waals surface area contributed by atoms with Crippen molar-refractivity contribution in [2.45, 2.75) is 37.8 Å². The molecule has 1 heterocycles. The lowest BCUT2D eigenvalue weighted by atomic mass is 10.4. The van der Waals surface area contributed by atoms with Crippen molar-refractivity contribution in [1.29, 1.82) is 0 Å². The van der Waals surface area contributed by atoms with Gasteiger partial charge in [0, 0.05) is 31.4 Å². The second kappa shape index (κ2) is 4.53. The second-order valence-electron chi connectivity index (χ2n) is 5.02. The van der Waals surface area contributed by atoms with Gasteiger partial charge >= 0.3 is 0 Å². The minimum Gasteiger partial charge on any atom is -0.349 e. The molecular weight excluding hydrogens is 214 g/mol. The molecule has 2 saturated carbocycles. The normalized spacial score (nSPS) is 19.3. The topological polar surface area (TPSA) is 46.1 Å². The summed E-state index contributed by atoms with van der Waals surface area (Å²) in [4.78, 5) is 12.0. The van der Waals surface area contributed by atoms with Crippen molar-refractivity contribution >= 4 is 5.91 Å². The van der Waals surface area contributed by atoms with Gasteiger partial charge in [0.05, 0.1) is 0 Å². The van der Waals surface area contributed by atoms with Gasteiger partial charge in [0.15, 0.2) is 0 Å². The van der Waals surface area contributed by atoms with Crippen LogP contribution in [0.1, 0.15) is 42.2 Å². The van der Waals surface area contributed by atoms with E-state index in [1.165, 1.54) is 25.7 Å². The number of aromatic nitrogens is 1. The first kappa shape index (κ1) is 10.8. The Kier molecular flexibility index (Phi) is 2.89. The van der Waals surface area contributed by atoms with Crippen LogP contribution < -0.4 is 10.6 Å². The summed E-state index contributed by atoms with van der Waals surface area (Å²) >= 11 is 0. The van der Waals surface area contributed by atoms with Gasteiger partial charge in [0.25, 0.3) is 5.91 Å². The number of carbonyl (C=O) groups is 1. The van der Waals surface area contributed by atoms with Crippen molar-refractivity contribution < 1.29 is 4.79 Å². The largest absolute Gasteiger partial charge is 0.349 e. The Balaban J connectivity index is 1.48. The molecule has 0 aromatic carbocycles. The maximum Gasteiger partial charge on any atom is 0.267 e. The number of amides is 1. The van der Waals surface area contributed by atoms with Gasteiger partial charge in [-0.15, -0.1) is 0 Å². The first-order chi connectivity index (χ1) is 8.34. The van der Waals surface area contributed by atoms with Crippen molar-refractivity contribution in [2.75, 3.05) is 13.1 Å². The SMILES string of the molecule is O=C(NCCNC1CC1)c1cccn1C1CC1. The minimum absolute atomic E-state index is 0.0551. The molecule has 2 aliphatic rings. The number of hydrogen-bond acceptors (Lipinski definition) is 2. The van der Waals surface area contributed by atoms with Crippen LogP contribution >= 0.6 is 0 Å². The molecule has 0 radical (unpaired) electrons. The van der Waals surface area contributed by atoms with Crippen LogP contribution in [0.4, 0.5) is 0 Å². The van der Waals surface area contributed by atoms with Crippen molar-refractivity contribution in [1.82, 2.24) is 15.2 Å². The van der Waals surface area contributed by atoms with E-state index in [-0.39, 0.29) is 5.91 Å². The minimum atomic E-state index is 0.0551. The van der Waals surface area contributed by atoms with Crippen molar-refractivity contribution in [3.8, 4) is 0 Å². The molecule has 0 aliphatic heterocycles. The highest BCUT2D eigenvalue weighted by atomic mass is 16.1. The third kappa shape index (κ3) is 2.69. The lowest BCUT2D eigenvalue weighted by molar-refractivity contribution is 0.0944. The zero-order valence-corrected chi connectivity index (χ0v) is 9.98. The van der Waals surface area contributed by atoms with Gasteiger partial charge in [-0.3, -0.25) is 4.79 Å². The fraction of sp³-hybridized carbons (Fsp3) is 0.615. The van der Waals surface area contributed by atoms with Gasteiger partial charge in [-0.05, 0) is 37.8 Å². The monoisotopic (exact) mass is 233 g/mol. The lowest BCUT2D eigenvalue weighted by Crippen LogP contribution is -2.33. The number of carbonyl (C=O) groups excluding carboxylic acids is 1. The molecule has 0 saturated heterocycles. The molecule has 0 unspecified atom stereocenters. The predicted molar refractivity (Wildman–Crippen MR) is 66.1 cm³/mol. The average Bonchev–Trinajstić information content (AvgIpc) is 3.25. The van der Waals surface area contributed by atoms with Crippen molar-refractivity contribution in [3.63, 3.8) is 0 Å². The zero-order valence-electron chi connectivity index (χ0n) is 9.98. The predicted octanol–water partition coefficient (Wildman–Crippen LogP) is 1.30. The van der Waals surface area contributed by atoms with E-state index in [9.17, 15) is 4.79 Å². The highest BCUT2D eigenvalue weighted by Crippen LogP contribution is 2.35. The van der Waals surface area contributed by atoms with E-state index in [1.807, 2.05) is 18.3 Å². The smallest absolute Gasteiger partial charge is 0.267 e. The van der Waals surface area contributed by atoms with Crippen LogP contribution in [-0.4, -0.2) is 29.6 Å². The van der Waals surface area contributed by atoms with Gasteiger partial charge in [-0.2, -0.15) is 0 Å². The summed E-state index contributed by atoms with van der Waals surface area (Å²) in [5.74, 6) is 0.0551. The number of nitrogens with one attached hydrogen (secondary N) is 2. The fourth-order valence-corrected chi connectivity index (χ4v) is 2.09. The van der Waals surface area contributed by atoms with Crippen LogP contribution in [0.3, 0.4) is 0 Å². The summed E-state index contributed by atoms with van der Waals surface area (Å²) in [5, 5.41) is 6.35. The molecular formula is C13H19N3O. The highest BCUT2D eigenvalue weighted by Gasteiger charge is 2.26. The van der Waals surface area contributed by atoms with E-state index in [4.69, 9.17) is 0 Å². The Hall–Kier alpha value is -1.29. The number of rotatable bonds is 6. The Labute approximate surface area is 101 Å². The summed E-state index contributed by atoms with van der Waals surface area (Å²) in [6.45, 7) is 1.59. The Morgan fingerprint density at radius 2 is 2.12 bits per heavy atom. The third-order valence-corrected chi connectivity index (χ3v) is 3.37. The fourth-order valence-electron chi connectivity index (χ4n) is 2.09. The third-order valence-electron chi connectivity index (χ3n) is 3.37. The summed E-state index contributed by atoms with van der Waals surface area (Å²) in [7, 11) is 0. The molecule has 1 aromatic rings. The molecule has 2 N–H and O–H groups in total. The lowest BCUT2D eigenvalue weighted by Gasteiger charge is -2.09. The Morgan fingerprint density at radius 3 is 2.82 bits per heavy atom. The second-order valence-corrected chi connectivity index (χ2v) is 5.02. The standard InChI is InChI=1S/C13H19N3O/c17-13(15-8-7-14-10-3-4-10)12-2-1-9-16(12)11-5-6-11/h1-2,9-11,14H,3-8H2,(H,15,17). The van der Waals surface area contributed by atoms with E-state index in [0.29, 0.717) is 18.6 Å². The van der Waals surface area contributed by atoms with Crippen LogP contribution in [0.15, 0.2) is 18.3 Å². The van der Waals surface area contributed by atoms with Crippen LogP contribution in [0, 0.1) is 0 Å². The molecule has 2 aliphatic carbocycles. The Morgan fingerprint density at radius 1 is 1.29 bits per heavy atom. The highest BCUT2D eigenvalue weighted by molar-refractivity contribution is 5.92. The van der Waals surface area contributed by atoms with Gasteiger partial charge in [0.1, 0.15) is 5.69 Å². The molecule has 1 aromatic heterocycles. The molecule has 0 atom stereocenters. The van der Waals surface area contributed by atoms with E-state index >= 15 is 0 Å². The molecule has 4 nitrogen and oxygen atoms in total. The molecule has 92 valence electrons. The van der Waals surface area contributed by atoms with Crippen molar-refractivity contribution in [3.05, 3.63) is 24.0 Å². The summed E-state index contributed by atoms with van der Waals surface area (Å²) < 4.78 is 2.10. The summed E-state index contributed by atoms with van der Waals surface area (Å²) in [6.07, 6.45) is 7.00. The summed E-state index contributed by atoms with van der Waals surface area (Å²) in [6, 6.07) is 5.13. The van der Waals surface area contributed by atoms with E-state index < -0.39 is 0 Å². The van der Waals surface area contributed by atoms with Crippen LogP contribution in [0.2, 0.25) is 0 Å². The van der Waals surface area contributed by atoms with E-state index in [2.05, 4.69) is 15.2 Å². The number of nitrogens with zero attached hydrogens (tertiary/aromatic N) is 1. The molecule has 17 heavy (non-hydrogen) atoms. The average molecular weight is 233 g/mol. The number of hydrogen-bond donors (Lipinski definition) is 2. The summed E-state index contributed by atoms with van der Waals surface area (Å²) in [5.41, 5.74) is 0.805. The van der Waals surface area contributed by atoms with E-state index in [0.717, 1.165) is 12.2 Å². The molecule has 1 amide bonds. The van der Waals surface area contributed by atoms with Gasteiger partial charge < -0.3 is 15.2 Å². The quantitative estimate of drug-likeness (QED) is 0.728. The molecule has 2 fully saturated rings. The van der Waals surface area contributed by atoms with Crippen LogP contribution in [0.25, 0.3) is 0 Å². The first-order valence-corrected chi connectivity index (χ1v) is 6.53. The van der Waals surface area contributed by atoms with Crippen molar-refractivity contribution in [2.24, 2.45) is 0 Å². The molecule has 3 rings (SSSR count). The maximum atomic E-state index is 12.0. The van der Waals surface area contributed by atoms with Gasteiger partial charge in [-0.25, -0.2) is 0 Å². The van der Waals surface area contributed by atoms with Crippen LogP contribution in [0.5, 0.6) is 0 Å². The van der Waals surface area contributed by atoms with E-state index in [1.54, 1.807) is 0 Å². The first-order valence-electron chi connectivity index (χ1n) is 6.53. The molecule has 0 bridgehead atoms. The molecule has 4 heteroatoms. The Bertz CT molecular complexity index is 405. The van der Waals surface area contributed by atoms with Gasteiger partial charge in [-0.1, -0.05) is 0 Å². The van der Waals surface area contributed by atoms with Gasteiger partial charge in [0.2, 0.25) is 0 Å². The molecule has 0 spiro atoms. The van der Waals surface area contributed by atoms with Crippen LogP contribution in [-0.2, 0) is 0 Å². The zero-order chi connectivity index (χ0) is 11.7.